The number of anilines is 1. The van der Waals surface area contributed by atoms with Gasteiger partial charge in [-0.15, -0.1) is 10.2 Å². The number of hydrogen-bond acceptors (Lipinski definition) is 6. The fraction of sp³-hybridized carbons (Fsp3) is 0. The third-order valence-electron chi connectivity index (χ3n) is 2.81. The van der Waals surface area contributed by atoms with Crippen LogP contribution < -0.4 is 11.0 Å². The smallest absolute Gasteiger partial charge is 0.279 e. The van der Waals surface area contributed by atoms with Gasteiger partial charge in [0, 0.05) is 23.5 Å². The molecule has 0 saturated heterocycles. The zero-order chi connectivity index (χ0) is 15.2. The molecule has 7 nitrogen and oxygen atoms in total. The van der Waals surface area contributed by atoms with Crippen molar-refractivity contribution in [1.82, 2.24) is 20.2 Å². The van der Waals surface area contributed by atoms with Crippen molar-refractivity contribution in [3.8, 4) is 11.3 Å². The molecule has 7 heteroatoms. The number of hydrogen-bond donors (Lipinski definition) is 2. The van der Waals surface area contributed by atoms with Crippen molar-refractivity contribution < 1.29 is 0 Å². The molecule has 0 aliphatic carbocycles. The van der Waals surface area contributed by atoms with E-state index in [-0.39, 0.29) is 17.2 Å². The first kappa shape index (κ1) is 13.6. The highest BCUT2D eigenvalue weighted by Crippen LogP contribution is 2.10. The molecule has 0 radical (unpaired) electrons. The Morgan fingerprint density at radius 2 is 1.95 bits per heavy atom. The normalized spacial score (nSPS) is 10.7. The van der Waals surface area contributed by atoms with Crippen LogP contribution in [-0.4, -0.2) is 26.4 Å². The minimum absolute atomic E-state index is 0.171. The molecule has 108 valence electrons. The van der Waals surface area contributed by atoms with E-state index in [0.29, 0.717) is 5.56 Å². The Labute approximate surface area is 125 Å². The Kier molecular flexibility index (Phi) is 3.96. The van der Waals surface area contributed by atoms with E-state index in [9.17, 15) is 4.79 Å². The highest BCUT2D eigenvalue weighted by atomic mass is 16.1. The Morgan fingerprint density at radius 3 is 2.68 bits per heavy atom. The fourth-order valence-electron chi connectivity index (χ4n) is 1.79. The highest BCUT2D eigenvalue weighted by Gasteiger charge is 2.06. The maximum atomic E-state index is 12.0. The topological polar surface area (TPSA) is 95.9 Å². The van der Waals surface area contributed by atoms with E-state index in [0.717, 1.165) is 5.56 Å². The van der Waals surface area contributed by atoms with Gasteiger partial charge in [-0.3, -0.25) is 14.8 Å². The van der Waals surface area contributed by atoms with E-state index in [4.69, 9.17) is 0 Å². The van der Waals surface area contributed by atoms with Crippen LogP contribution in [0.2, 0.25) is 0 Å². The Bertz CT molecular complexity index is 829. The van der Waals surface area contributed by atoms with Gasteiger partial charge < -0.3 is 0 Å². The van der Waals surface area contributed by atoms with Crippen molar-refractivity contribution in [2.45, 2.75) is 0 Å². The van der Waals surface area contributed by atoms with E-state index in [1.54, 1.807) is 36.8 Å². The number of hydrazone groups is 1. The van der Waals surface area contributed by atoms with Gasteiger partial charge in [-0.25, -0.2) is 5.43 Å². The maximum absolute atomic E-state index is 12.0. The molecule has 1 aromatic carbocycles. The van der Waals surface area contributed by atoms with Crippen molar-refractivity contribution >= 4 is 12.2 Å². The number of aromatic nitrogens is 4. The number of H-pyrrole nitrogens is 1. The maximum Gasteiger partial charge on any atom is 0.279 e. The molecule has 3 rings (SSSR count). The van der Waals surface area contributed by atoms with Crippen molar-refractivity contribution in [2.24, 2.45) is 5.10 Å². The first-order valence-electron chi connectivity index (χ1n) is 6.54. The summed E-state index contributed by atoms with van der Waals surface area (Å²) in [6.07, 6.45) is 4.91. The fourth-order valence-corrected chi connectivity index (χ4v) is 1.79. The molecule has 0 amide bonds. The van der Waals surface area contributed by atoms with E-state index >= 15 is 0 Å². The van der Waals surface area contributed by atoms with E-state index in [1.165, 1.54) is 0 Å². The number of benzene rings is 1. The number of pyridine rings is 1. The molecule has 0 atom stereocenters. The third kappa shape index (κ3) is 3.21. The van der Waals surface area contributed by atoms with Crippen molar-refractivity contribution in [3.05, 3.63) is 70.8 Å². The largest absolute Gasteiger partial charge is 0.288 e. The molecule has 0 aliphatic rings. The van der Waals surface area contributed by atoms with Crippen molar-refractivity contribution in [2.75, 3.05) is 5.43 Å². The lowest BCUT2D eigenvalue weighted by Crippen LogP contribution is -2.15. The lowest BCUT2D eigenvalue weighted by atomic mass is 10.2. The molecule has 3 aromatic rings. The number of nitrogens with zero attached hydrogens (tertiary/aromatic N) is 4. The van der Waals surface area contributed by atoms with Gasteiger partial charge in [0.15, 0.2) is 5.69 Å². The van der Waals surface area contributed by atoms with E-state index in [2.05, 4.69) is 30.7 Å². The summed E-state index contributed by atoms with van der Waals surface area (Å²) in [6.45, 7) is 0. The van der Waals surface area contributed by atoms with Gasteiger partial charge in [0.1, 0.15) is 0 Å². The molecule has 0 spiro atoms. The summed E-state index contributed by atoms with van der Waals surface area (Å²) >= 11 is 0. The van der Waals surface area contributed by atoms with Gasteiger partial charge in [0.05, 0.1) is 6.21 Å². The van der Waals surface area contributed by atoms with Gasteiger partial charge in [0.25, 0.3) is 5.56 Å². The molecule has 0 aliphatic heterocycles. The summed E-state index contributed by atoms with van der Waals surface area (Å²) in [7, 11) is 0. The lowest BCUT2D eigenvalue weighted by molar-refractivity contribution is 0.947. The van der Waals surface area contributed by atoms with Crippen LogP contribution >= 0.6 is 0 Å². The van der Waals surface area contributed by atoms with Gasteiger partial charge in [-0.1, -0.05) is 36.4 Å². The van der Waals surface area contributed by atoms with Crippen LogP contribution in [0.5, 0.6) is 0 Å². The first-order chi connectivity index (χ1) is 10.8. The average molecular weight is 292 g/mol. The number of nitrogens with one attached hydrogen (secondary N) is 2. The molecule has 2 N–H and O–H groups in total. The molecule has 0 saturated carbocycles. The number of aromatic amines is 1. The van der Waals surface area contributed by atoms with Crippen molar-refractivity contribution in [1.29, 1.82) is 0 Å². The zero-order valence-corrected chi connectivity index (χ0v) is 11.5. The van der Waals surface area contributed by atoms with E-state index in [1.807, 2.05) is 24.3 Å². The summed E-state index contributed by atoms with van der Waals surface area (Å²) < 4.78 is 0. The molecule has 22 heavy (non-hydrogen) atoms. The van der Waals surface area contributed by atoms with Gasteiger partial charge >= 0.3 is 0 Å². The SMILES string of the molecule is O=c1[nH]c(N/N=C/c2cccnc2)nnc1-c1ccccc1. The standard InChI is InChI=1S/C15H12N6O/c22-14-13(12-6-2-1-3-7-12)19-21-15(18-14)20-17-10-11-5-4-8-16-9-11/h1-10H,(H2,18,20,21,22)/b17-10+. The summed E-state index contributed by atoms with van der Waals surface area (Å²) in [6, 6.07) is 12.8. The van der Waals surface area contributed by atoms with Crippen LogP contribution in [0.1, 0.15) is 5.56 Å². The average Bonchev–Trinajstić information content (AvgIpc) is 2.57. The predicted molar refractivity (Wildman–Crippen MR) is 83.5 cm³/mol. The van der Waals surface area contributed by atoms with Crippen LogP contribution in [-0.2, 0) is 0 Å². The predicted octanol–water partition coefficient (Wildman–Crippen LogP) is 1.67. The molecule has 0 bridgehead atoms. The Morgan fingerprint density at radius 1 is 1.09 bits per heavy atom. The second kappa shape index (κ2) is 6.40. The Balaban J connectivity index is 1.76. The van der Waals surface area contributed by atoms with Gasteiger partial charge in [0.2, 0.25) is 5.95 Å². The third-order valence-corrected chi connectivity index (χ3v) is 2.81. The van der Waals surface area contributed by atoms with Gasteiger partial charge in [-0.05, 0) is 6.07 Å². The summed E-state index contributed by atoms with van der Waals surface area (Å²) in [5, 5.41) is 11.8. The van der Waals surface area contributed by atoms with Gasteiger partial charge in [-0.2, -0.15) is 5.10 Å². The summed E-state index contributed by atoms with van der Waals surface area (Å²) in [5.74, 6) is 0.171. The second-order valence-electron chi connectivity index (χ2n) is 4.37. The highest BCUT2D eigenvalue weighted by molar-refractivity contribution is 5.79. The quantitative estimate of drug-likeness (QED) is 0.563. The van der Waals surface area contributed by atoms with Crippen LogP contribution in [0, 0.1) is 0 Å². The molecule has 2 aromatic heterocycles. The minimum atomic E-state index is -0.333. The van der Waals surface area contributed by atoms with E-state index < -0.39 is 0 Å². The summed E-state index contributed by atoms with van der Waals surface area (Å²) in [4.78, 5) is 18.6. The minimum Gasteiger partial charge on any atom is -0.288 e. The lowest BCUT2D eigenvalue weighted by Gasteiger charge is -2.01. The monoisotopic (exact) mass is 292 g/mol. The van der Waals surface area contributed by atoms with Crippen LogP contribution in [0.15, 0.2) is 64.8 Å². The number of rotatable bonds is 4. The van der Waals surface area contributed by atoms with Crippen LogP contribution in [0.4, 0.5) is 5.95 Å². The summed E-state index contributed by atoms with van der Waals surface area (Å²) in [5.41, 5.74) is 4.09. The zero-order valence-electron chi connectivity index (χ0n) is 11.5. The molecule has 2 heterocycles. The molecule has 0 fully saturated rings. The molecule has 0 unspecified atom stereocenters. The van der Waals surface area contributed by atoms with Crippen molar-refractivity contribution in [3.63, 3.8) is 0 Å². The van der Waals surface area contributed by atoms with Crippen LogP contribution in [0.3, 0.4) is 0 Å². The van der Waals surface area contributed by atoms with Crippen LogP contribution in [0.25, 0.3) is 11.3 Å². The second-order valence-corrected chi connectivity index (χ2v) is 4.37. The molecular formula is C15H12N6O. The molecular weight excluding hydrogens is 280 g/mol. The Hall–Kier alpha value is -3.35. The first-order valence-corrected chi connectivity index (χ1v) is 6.54.